The number of rotatable bonds is 5. The van der Waals surface area contributed by atoms with Crippen LogP contribution in [0.5, 0.6) is 0 Å². The van der Waals surface area contributed by atoms with Gasteiger partial charge in [0.2, 0.25) is 10.0 Å². The highest BCUT2D eigenvalue weighted by Gasteiger charge is 2.28. The molecule has 11 heteroatoms. The van der Waals surface area contributed by atoms with Gasteiger partial charge >= 0.3 is 0 Å². The normalized spacial score (nSPS) is 20.4. The molecule has 3 aliphatic rings. The number of fused-ring (bicyclic) bond motifs is 1. The Morgan fingerprint density at radius 2 is 1.71 bits per heavy atom. The summed E-state index contributed by atoms with van der Waals surface area (Å²) in [5.74, 6) is 0.120. The van der Waals surface area contributed by atoms with E-state index < -0.39 is 10.0 Å². The SMILES string of the molecule is O=C1CCCc2nc(CN3CCN(C(=O)c4ccc(S(=O)(=O)N5CCOCC5)cc4)CC3)sc21. The van der Waals surface area contributed by atoms with Crippen molar-refractivity contribution in [3.63, 3.8) is 0 Å². The van der Waals surface area contributed by atoms with Gasteiger partial charge < -0.3 is 9.64 Å². The molecule has 1 aliphatic carbocycles. The standard InChI is InChI=1S/C23H28N4O5S2/c28-20-3-1-2-19-22(20)33-21(24-19)16-25-8-10-26(11-9-25)23(29)17-4-6-18(7-5-17)34(30,31)27-12-14-32-15-13-27/h4-7H,1-3,8-16H2. The summed E-state index contributed by atoms with van der Waals surface area (Å²) in [6.45, 7) is 4.81. The first kappa shape index (κ1) is 23.6. The third kappa shape index (κ3) is 4.80. The van der Waals surface area contributed by atoms with Crippen molar-refractivity contribution in [3.05, 3.63) is 45.4 Å². The summed E-state index contributed by atoms with van der Waals surface area (Å²) in [6, 6.07) is 6.22. The number of hydrogen-bond acceptors (Lipinski definition) is 8. The number of carbonyl (C=O) groups excluding carboxylic acids is 2. The van der Waals surface area contributed by atoms with Gasteiger partial charge in [-0.2, -0.15) is 4.31 Å². The predicted octanol–water partition coefficient (Wildman–Crippen LogP) is 1.64. The van der Waals surface area contributed by atoms with Gasteiger partial charge in [-0.1, -0.05) is 0 Å². The summed E-state index contributed by atoms with van der Waals surface area (Å²) < 4.78 is 32.2. The number of nitrogens with zero attached hydrogens (tertiary/aromatic N) is 4. The lowest BCUT2D eigenvalue weighted by Crippen LogP contribution is -2.48. The van der Waals surface area contributed by atoms with Crippen LogP contribution in [0.3, 0.4) is 0 Å². The van der Waals surface area contributed by atoms with Crippen LogP contribution in [0.1, 0.15) is 43.6 Å². The summed E-state index contributed by atoms with van der Waals surface area (Å²) in [5, 5.41) is 0.970. The molecular formula is C23H28N4O5S2. The molecule has 0 N–H and O–H groups in total. The molecule has 0 unspecified atom stereocenters. The number of benzene rings is 1. The number of morpholine rings is 1. The Hall–Kier alpha value is -2.18. The van der Waals surface area contributed by atoms with Gasteiger partial charge in [0.15, 0.2) is 5.78 Å². The number of aromatic nitrogens is 1. The molecule has 1 aromatic carbocycles. The van der Waals surface area contributed by atoms with Crippen molar-refractivity contribution < 1.29 is 22.7 Å². The first-order chi connectivity index (χ1) is 16.4. The number of amides is 1. The molecule has 0 radical (unpaired) electrons. The van der Waals surface area contributed by atoms with E-state index >= 15 is 0 Å². The van der Waals surface area contributed by atoms with Crippen LogP contribution in [0.25, 0.3) is 0 Å². The lowest BCUT2D eigenvalue weighted by atomic mass is 10.0. The number of aryl methyl sites for hydroxylation is 1. The minimum atomic E-state index is -3.58. The van der Waals surface area contributed by atoms with Gasteiger partial charge in [0.25, 0.3) is 5.91 Å². The number of ether oxygens (including phenoxy) is 1. The second kappa shape index (κ2) is 9.82. The summed E-state index contributed by atoms with van der Waals surface area (Å²) in [5.41, 5.74) is 1.43. The molecule has 9 nitrogen and oxygen atoms in total. The molecule has 2 aromatic rings. The summed E-state index contributed by atoms with van der Waals surface area (Å²) >= 11 is 1.51. The highest BCUT2D eigenvalue weighted by atomic mass is 32.2. The number of piperazine rings is 1. The van der Waals surface area contributed by atoms with Crippen molar-refractivity contribution >= 4 is 33.1 Å². The maximum absolute atomic E-state index is 13.0. The zero-order valence-electron chi connectivity index (χ0n) is 18.9. The van der Waals surface area contributed by atoms with E-state index in [0.717, 1.165) is 41.5 Å². The maximum Gasteiger partial charge on any atom is 0.253 e. The predicted molar refractivity (Wildman–Crippen MR) is 127 cm³/mol. The average molecular weight is 505 g/mol. The number of ketones is 1. The third-order valence-electron chi connectivity index (χ3n) is 6.54. The fourth-order valence-electron chi connectivity index (χ4n) is 4.57. The average Bonchev–Trinajstić information content (AvgIpc) is 3.28. The minimum Gasteiger partial charge on any atom is -0.379 e. The molecule has 1 amide bonds. The van der Waals surface area contributed by atoms with Gasteiger partial charge in [0.1, 0.15) is 5.01 Å². The Morgan fingerprint density at radius 3 is 2.38 bits per heavy atom. The third-order valence-corrected chi connectivity index (χ3v) is 9.58. The Labute approximate surface area is 203 Å². The molecule has 5 rings (SSSR count). The molecule has 0 saturated carbocycles. The molecule has 2 saturated heterocycles. The van der Waals surface area contributed by atoms with Crippen molar-refractivity contribution in [1.29, 1.82) is 0 Å². The van der Waals surface area contributed by atoms with E-state index in [2.05, 4.69) is 9.88 Å². The molecule has 2 fully saturated rings. The molecular weight excluding hydrogens is 476 g/mol. The van der Waals surface area contributed by atoms with Gasteiger partial charge in [-0.25, -0.2) is 13.4 Å². The van der Waals surface area contributed by atoms with E-state index in [9.17, 15) is 18.0 Å². The first-order valence-electron chi connectivity index (χ1n) is 11.6. The maximum atomic E-state index is 13.0. The van der Waals surface area contributed by atoms with Gasteiger partial charge in [0.05, 0.1) is 35.2 Å². The largest absolute Gasteiger partial charge is 0.379 e. The van der Waals surface area contributed by atoms with Crippen molar-refractivity contribution in [2.45, 2.75) is 30.7 Å². The van der Waals surface area contributed by atoms with Crippen LogP contribution in [0.15, 0.2) is 29.2 Å². The van der Waals surface area contributed by atoms with Gasteiger partial charge in [-0.05, 0) is 37.1 Å². The number of thiazole rings is 1. The Balaban J connectivity index is 1.17. The fraction of sp³-hybridized carbons (Fsp3) is 0.522. The molecule has 182 valence electrons. The molecule has 2 aliphatic heterocycles. The number of sulfonamides is 1. The summed E-state index contributed by atoms with van der Waals surface area (Å²) in [6.07, 6.45) is 2.39. The minimum absolute atomic E-state index is 0.0923. The molecule has 34 heavy (non-hydrogen) atoms. The quantitative estimate of drug-likeness (QED) is 0.610. The van der Waals surface area contributed by atoms with Crippen LogP contribution in [0, 0.1) is 0 Å². The van der Waals surface area contributed by atoms with Crippen LogP contribution in [0.2, 0.25) is 0 Å². The van der Waals surface area contributed by atoms with Crippen molar-refractivity contribution in [3.8, 4) is 0 Å². The fourth-order valence-corrected chi connectivity index (χ4v) is 7.10. The number of Topliss-reactive ketones (excluding diaryl/α,β-unsaturated/α-hetero) is 1. The molecule has 3 heterocycles. The van der Waals surface area contributed by atoms with Crippen LogP contribution in [-0.4, -0.2) is 91.7 Å². The van der Waals surface area contributed by atoms with Crippen LogP contribution >= 0.6 is 11.3 Å². The molecule has 1 aromatic heterocycles. The lowest BCUT2D eigenvalue weighted by Gasteiger charge is -2.34. The van der Waals surface area contributed by atoms with Gasteiger partial charge in [0, 0.05) is 51.3 Å². The van der Waals surface area contributed by atoms with Crippen LogP contribution < -0.4 is 0 Å². The second-order valence-electron chi connectivity index (χ2n) is 8.77. The topological polar surface area (TPSA) is 100 Å². The number of carbonyl (C=O) groups is 2. The highest BCUT2D eigenvalue weighted by molar-refractivity contribution is 7.89. The zero-order chi connectivity index (χ0) is 23.7. The Kier molecular flexibility index (Phi) is 6.81. The van der Waals surface area contributed by atoms with E-state index in [4.69, 9.17) is 4.74 Å². The molecule has 0 spiro atoms. The highest BCUT2D eigenvalue weighted by Crippen LogP contribution is 2.27. The second-order valence-corrected chi connectivity index (χ2v) is 11.8. The Morgan fingerprint density at radius 1 is 1.00 bits per heavy atom. The molecule has 0 atom stereocenters. The first-order valence-corrected chi connectivity index (χ1v) is 13.9. The van der Waals surface area contributed by atoms with E-state index in [1.54, 1.807) is 17.0 Å². The summed E-state index contributed by atoms with van der Waals surface area (Å²) in [4.78, 5) is 34.8. The van der Waals surface area contributed by atoms with Crippen molar-refractivity contribution in [2.75, 3.05) is 52.5 Å². The van der Waals surface area contributed by atoms with Crippen LogP contribution in [-0.2, 0) is 27.7 Å². The van der Waals surface area contributed by atoms with E-state index in [-0.39, 0.29) is 16.6 Å². The number of hydrogen-bond donors (Lipinski definition) is 0. The van der Waals surface area contributed by atoms with E-state index in [1.165, 1.54) is 27.8 Å². The molecule has 0 bridgehead atoms. The van der Waals surface area contributed by atoms with Gasteiger partial charge in [-0.3, -0.25) is 14.5 Å². The van der Waals surface area contributed by atoms with E-state index in [0.29, 0.717) is 57.9 Å². The monoisotopic (exact) mass is 504 g/mol. The zero-order valence-corrected chi connectivity index (χ0v) is 20.6. The van der Waals surface area contributed by atoms with Gasteiger partial charge in [-0.15, -0.1) is 11.3 Å². The lowest BCUT2D eigenvalue weighted by molar-refractivity contribution is 0.0628. The van der Waals surface area contributed by atoms with E-state index in [1.807, 2.05) is 0 Å². The smallest absolute Gasteiger partial charge is 0.253 e. The summed E-state index contributed by atoms with van der Waals surface area (Å²) in [7, 11) is -3.58. The van der Waals surface area contributed by atoms with Crippen molar-refractivity contribution in [2.24, 2.45) is 0 Å². The Bertz CT molecular complexity index is 1160. The van der Waals surface area contributed by atoms with Crippen LogP contribution in [0.4, 0.5) is 0 Å². The van der Waals surface area contributed by atoms with Crippen molar-refractivity contribution in [1.82, 2.24) is 19.1 Å².